The summed E-state index contributed by atoms with van der Waals surface area (Å²) in [4.78, 5) is 11.0. The molecule has 4 N–H and O–H groups in total. The number of anilines is 1. The lowest BCUT2D eigenvalue weighted by Crippen LogP contribution is -2.24. The van der Waals surface area contributed by atoms with Gasteiger partial charge in [0.2, 0.25) is 0 Å². The molecule has 0 aromatic heterocycles. The fourth-order valence-corrected chi connectivity index (χ4v) is 3.03. The van der Waals surface area contributed by atoms with Crippen molar-refractivity contribution in [3.05, 3.63) is 82.9 Å². The Balaban J connectivity index is 1.70. The van der Waals surface area contributed by atoms with Crippen LogP contribution >= 0.6 is 12.2 Å². The molecule has 0 bridgehead atoms. The van der Waals surface area contributed by atoms with Gasteiger partial charge in [-0.3, -0.25) is 5.43 Å². The lowest BCUT2D eigenvalue weighted by atomic mass is 9.98. The van der Waals surface area contributed by atoms with Gasteiger partial charge in [0.05, 0.1) is 11.8 Å². The van der Waals surface area contributed by atoms with Crippen molar-refractivity contribution in [2.24, 2.45) is 5.10 Å². The summed E-state index contributed by atoms with van der Waals surface area (Å²) in [7, 11) is 0. The first-order chi connectivity index (χ1) is 14.3. The molecule has 0 saturated heterocycles. The van der Waals surface area contributed by atoms with E-state index in [4.69, 9.17) is 17.3 Å². The van der Waals surface area contributed by atoms with Gasteiger partial charge in [-0.2, -0.15) is 5.10 Å². The highest BCUT2D eigenvalue weighted by molar-refractivity contribution is 7.80. The van der Waals surface area contributed by atoms with E-state index in [0.717, 1.165) is 11.1 Å². The van der Waals surface area contributed by atoms with E-state index in [1.807, 2.05) is 44.2 Å². The van der Waals surface area contributed by atoms with Gasteiger partial charge in [-0.05, 0) is 67.0 Å². The maximum absolute atomic E-state index is 11.0. The van der Waals surface area contributed by atoms with Crippen LogP contribution < -0.4 is 10.7 Å². The number of carboxylic acid groups (broad SMARTS) is 1. The Kier molecular flexibility index (Phi) is 6.44. The molecule has 6 nitrogen and oxygen atoms in total. The van der Waals surface area contributed by atoms with Crippen molar-refractivity contribution in [3.63, 3.8) is 0 Å². The highest BCUT2D eigenvalue weighted by Gasteiger charge is 2.09. The average molecular weight is 420 g/mol. The Hall–Kier alpha value is -3.71. The molecule has 0 saturated carbocycles. The standard InChI is InChI=1S/C23H21N3O3S/c1-14-9-10-16(11-15(14)2)20-8-4-6-18(21(20)27)13-24-26-23(30)25-19-7-3-5-17(12-19)22(28)29/h3-13,27H,1-2H3,(H,28,29)(H2,25,26,30). The third-order valence-electron chi connectivity index (χ3n) is 4.62. The Morgan fingerprint density at radius 3 is 2.53 bits per heavy atom. The Morgan fingerprint density at radius 2 is 1.80 bits per heavy atom. The molecular formula is C23H21N3O3S. The van der Waals surface area contributed by atoms with Gasteiger partial charge in [-0.1, -0.05) is 36.4 Å². The first-order valence-electron chi connectivity index (χ1n) is 9.18. The fourth-order valence-electron chi connectivity index (χ4n) is 2.86. The van der Waals surface area contributed by atoms with E-state index in [-0.39, 0.29) is 16.4 Å². The number of hydrogen-bond donors (Lipinski definition) is 4. The zero-order valence-corrected chi connectivity index (χ0v) is 17.3. The van der Waals surface area contributed by atoms with Crippen LogP contribution in [0.25, 0.3) is 11.1 Å². The quantitative estimate of drug-likeness (QED) is 0.272. The van der Waals surface area contributed by atoms with Gasteiger partial charge in [0.15, 0.2) is 5.11 Å². The Labute approximate surface area is 179 Å². The van der Waals surface area contributed by atoms with Crippen LogP contribution in [-0.2, 0) is 0 Å². The number of nitrogens with one attached hydrogen (secondary N) is 2. The molecule has 0 fully saturated rings. The number of phenols is 1. The van der Waals surface area contributed by atoms with E-state index in [1.54, 1.807) is 18.2 Å². The second kappa shape index (κ2) is 9.19. The van der Waals surface area contributed by atoms with E-state index in [2.05, 4.69) is 15.8 Å². The SMILES string of the molecule is Cc1ccc(-c2cccc(C=NNC(=S)Nc3cccc(C(=O)O)c3)c2O)cc1C. The topological polar surface area (TPSA) is 94.0 Å². The number of aromatic hydroxyl groups is 1. The van der Waals surface area contributed by atoms with Gasteiger partial charge < -0.3 is 15.5 Å². The molecule has 3 aromatic rings. The number of benzene rings is 3. The molecule has 0 aliphatic heterocycles. The van der Waals surface area contributed by atoms with Gasteiger partial charge in [0.25, 0.3) is 0 Å². The molecule has 0 aliphatic rings. The summed E-state index contributed by atoms with van der Waals surface area (Å²) in [5, 5.41) is 26.8. The highest BCUT2D eigenvalue weighted by Crippen LogP contribution is 2.32. The minimum atomic E-state index is -1.02. The van der Waals surface area contributed by atoms with Crippen LogP contribution in [0.3, 0.4) is 0 Å². The predicted molar refractivity (Wildman–Crippen MR) is 123 cm³/mol. The third-order valence-corrected chi connectivity index (χ3v) is 4.82. The lowest BCUT2D eigenvalue weighted by Gasteiger charge is -2.10. The van der Waals surface area contributed by atoms with Crippen LogP contribution in [0.5, 0.6) is 5.75 Å². The second-order valence-corrected chi connectivity index (χ2v) is 7.16. The van der Waals surface area contributed by atoms with Gasteiger partial charge in [0.1, 0.15) is 5.75 Å². The second-order valence-electron chi connectivity index (χ2n) is 6.75. The number of hydrogen-bond acceptors (Lipinski definition) is 4. The van der Waals surface area contributed by atoms with Gasteiger partial charge in [-0.15, -0.1) is 0 Å². The zero-order chi connectivity index (χ0) is 21.7. The van der Waals surface area contributed by atoms with Crippen molar-refractivity contribution in [2.75, 3.05) is 5.32 Å². The van der Waals surface area contributed by atoms with Crippen LogP contribution in [-0.4, -0.2) is 27.5 Å². The summed E-state index contributed by atoms with van der Waals surface area (Å²) >= 11 is 5.18. The molecule has 0 heterocycles. The third kappa shape index (κ3) is 5.01. The molecule has 0 spiro atoms. The largest absolute Gasteiger partial charge is 0.507 e. The van der Waals surface area contributed by atoms with Crippen molar-refractivity contribution in [1.82, 2.24) is 5.43 Å². The summed E-state index contributed by atoms with van der Waals surface area (Å²) in [5.41, 5.74) is 7.86. The van der Waals surface area contributed by atoms with Gasteiger partial charge in [-0.25, -0.2) is 4.79 Å². The van der Waals surface area contributed by atoms with Crippen molar-refractivity contribution in [2.45, 2.75) is 13.8 Å². The molecular weight excluding hydrogens is 398 g/mol. The van der Waals surface area contributed by atoms with E-state index in [0.29, 0.717) is 16.8 Å². The van der Waals surface area contributed by atoms with Crippen molar-refractivity contribution < 1.29 is 15.0 Å². The van der Waals surface area contributed by atoms with E-state index >= 15 is 0 Å². The molecule has 0 aliphatic carbocycles. The van der Waals surface area contributed by atoms with Crippen molar-refractivity contribution in [3.8, 4) is 16.9 Å². The molecule has 0 amide bonds. The summed E-state index contributed by atoms with van der Waals surface area (Å²) < 4.78 is 0. The maximum atomic E-state index is 11.0. The van der Waals surface area contributed by atoms with Crippen LogP contribution in [0.2, 0.25) is 0 Å². The predicted octanol–water partition coefficient (Wildman–Crippen LogP) is 4.69. The normalized spacial score (nSPS) is 10.7. The number of hydrazone groups is 1. The number of aryl methyl sites for hydroxylation is 2. The van der Waals surface area contributed by atoms with E-state index in [1.165, 1.54) is 23.9 Å². The Morgan fingerprint density at radius 1 is 1.03 bits per heavy atom. The molecule has 0 unspecified atom stereocenters. The smallest absolute Gasteiger partial charge is 0.335 e. The molecule has 0 atom stereocenters. The number of nitrogens with zero attached hydrogens (tertiary/aromatic N) is 1. The number of para-hydroxylation sites is 1. The first kappa shape index (κ1) is 21.0. The number of phenolic OH excluding ortho intramolecular Hbond substituents is 1. The number of rotatable bonds is 5. The van der Waals surface area contributed by atoms with E-state index in [9.17, 15) is 9.90 Å². The first-order valence-corrected chi connectivity index (χ1v) is 9.59. The highest BCUT2D eigenvalue weighted by atomic mass is 32.1. The molecule has 30 heavy (non-hydrogen) atoms. The minimum absolute atomic E-state index is 0.124. The molecule has 152 valence electrons. The monoisotopic (exact) mass is 419 g/mol. The number of carboxylic acids is 1. The Bertz CT molecular complexity index is 1140. The van der Waals surface area contributed by atoms with Crippen LogP contribution in [0.4, 0.5) is 5.69 Å². The summed E-state index contributed by atoms with van der Waals surface area (Å²) in [6, 6.07) is 17.8. The fraction of sp³-hybridized carbons (Fsp3) is 0.0870. The van der Waals surface area contributed by atoms with Crippen LogP contribution in [0.1, 0.15) is 27.0 Å². The van der Waals surface area contributed by atoms with Crippen molar-refractivity contribution >= 4 is 35.2 Å². The summed E-state index contributed by atoms with van der Waals surface area (Å²) in [6.45, 7) is 4.08. The number of thiocarbonyl (C=S) groups is 1. The van der Waals surface area contributed by atoms with Crippen LogP contribution in [0.15, 0.2) is 65.8 Å². The molecule has 3 rings (SSSR count). The van der Waals surface area contributed by atoms with E-state index < -0.39 is 5.97 Å². The zero-order valence-electron chi connectivity index (χ0n) is 16.5. The van der Waals surface area contributed by atoms with Crippen molar-refractivity contribution in [1.29, 1.82) is 0 Å². The molecule has 3 aromatic carbocycles. The summed E-state index contributed by atoms with van der Waals surface area (Å²) in [6.07, 6.45) is 1.47. The molecule has 7 heteroatoms. The summed E-state index contributed by atoms with van der Waals surface area (Å²) in [5.74, 6) is -0.894. The van der Waals surface area contributed by atoms with Crippen LogP contribution in [0, 0.1) is 13.8 Å². The number of carbonyl (C=O) groups is 1. The van der Waals surface area contributed by atoms with Gasteiger partial charge >= 0.3 is 5.97 Å². The minimum Gasteiger partial charge on any atom is -0.507 e. The van der Waals surface area contributed by atoms with Gasteiger partial charge in [0, 0.05) is 16.8 Å². The molecule has 0 radical (unpaired) electrons. The lowest BCUT2D eigenvalue weighted by molar-refractivity contribution is 0.0697. The number of aromatic carboxylic acids is 1. The maximum Gasteiger partial charge on any atom is 0.335 e. The average Bonchev–Trinajstić information content (AvgIpc) is 2.71.